The molecule has 0 aliphatic rings. The number of aryl methyl sites for hydroxylation is 1. The second kappa shape index (κ2) is 5.10. The van der Waals surface area contributed by atoms with E-state index in [1.165, 1.54) is 16.8 Å². The normalized spacial score (nSPS) is 11.8. The fourth-order valence-corrected chi connectivity index (χ4v) is 1.98. The van der Waals surface area contributed by atoms with Gasteiger partial charge in [0.25, 0.3) is 9.05 Å². The van der Waals surface area contributed by atoms with Crippen molar-refractivity contribution in [1.29, 1.82) is 0 Å². The molecule has 0 aromatic carbocycles. The molecule has 1 aromatic rings. The Morgan fingerprint density at radius 2 is 2.12 bits per heavy atom. The third-order valence-electron chi connectivity index (χ3n) is 2.02. The van der Waals surface area contributed by atoms with E-state index in [9.17, 15) is 13.2 Å². The van der Waals surface area contributed by atoms with Crippen LogP contribution in [0.1, 0.15) is 24.3 Å². The summed E-state index contributed by atoms with van der Waals surface area (Å²) in [7, 11) is 2.91. The van der Waals surface area contributed by atoms with Gasteiger partial charge in [0.15, 0.2) is 0 Å². The minimum absolute atomic E-state index is 0.113. The monoisotopic (exact) mass is 279 g/mol. The van der Waals surface area contributed by atoms with Crippen LogP contribution in [0.3, 0.4) is 0 Å². The van der Waals surface area contributed by atoms with E-state index >= 15 is 0 Å². The summed E-state index contributed by atoms with van der Waals surface area (Å²) in [6.45, 7) is 4.10. The lowest BCUT2D eigenvalue weighted by Crippen LogP contribution is -2.13. The predicted octanol–water partition coefficient (Wildman–Crippen LogP) is 1.77. The Morgan fingerprint density at radius 3 is 2.53 bits per heavy atom. The van der Waals surface area contributed by atoms with Crippen molar-refractivity contribution in [1.82, 2.24) is 4.57 Å². The Labute approximate surface area is 105 Å². The van der Waals surface area contributed by atoms with Crippen molar-refractivity contribution in [2.24, 2.45) is 13.0 Å². The molecule has 0 aliphatic heterocycles. The number of rotatable bonds is 4. The van der Waals surface area contributed by atoms with Crippen molar-refractivity contribution in [3.8, 4) is 0 Å². The Hall–Kier alpha value is -1.01. The van der Waals surface area contributed by atoms with Gasteiger partial charge in [0.05, 0.1) is 6.61 Å². The van der Waals surface area contributed by atoms with Gasteiger partial charge in [-0.15, -0.1) is 0 Å². The molecular weight excluding hydrogens is 266 g/mol. The maximum absolute atomic E-state index is 11.6. The first kappa shape index (κ1) is 14.1. The number of aromatic nitrogens is 1. The van der Waals surface area contributed by atoms with Gasteiger partial charge in [0, 0.05) is 23.9 Å². The number of hydrogen-bond donors (Lipinski definition) is 0. The highest BCUT2D eigenvalue weighted by molar-refractivity contribution is 8.13. The number of hydrogen-bond acceptors (Lipinski definition) is 4. The summed E-state index contributed by atoms with van der Waals surface area (Å²) in [4.78, 5) is 11.5. The van der Waals surface area contributed by atoms with Crippen LogP contribution in [0.25, 0.3) is 0 Å². The Bertz CT molecular complexity index is 518. The number of ether oxygens (including phenoxy) is 1. The maximum atomic E-state index is 11.6. The van der Waals surface area contributed by atoms with E-state index in [2.05, 4.69) is 0 Å². The van der Waals surface area contributed by atoms with Crippen LogP contribution in [0.5, 0.6) is 0 Å². The molecule has 17 heavy (non-hydrogen) atoms. The molecule has 0 atom stereocenters. The molecule has 0 amide bonds. The zero-order chi connectivity index (χ0) is 13.2. The lowest BCUT2D eigenvalue weighted by Gasteiger charge is -2.07. The quantitative estimate of drug-likeness (QED) is 0.622. The summed E-state index contributed by atoms with van der Waals surface area (Å²) in [5.41, 5.74) is 0.157. The van der Waals surface area contributed by atoms with Crippen molar-refractivity contribution in [2.75, 3.05) is 6.61 Å². The fraction of sp³-hybridized carbons (Fsp3) is 0.500. The Kier molecular flexibility index (Phi) is 4.21. The van der Waals surface area contributed by atoms with Crippen molar-refractivity contribution in [3.63, 3.8) is 0 Å². The van der Waals surface area contributed by atoms with Crippen LogP contribution in [0.2, 0.25) is 0 Å². The van der Waals surface area contributed by atoms with Crippen LogP contribution < -0.4 is 0 Å². The standard InChI is InChI=1S/C10H14ClNO4S/c1-7(2)6-16-10(13)9-4-8(5-12(9)3)17(11,14)15/h4-5,7H,6H2,1-3H3. The summed E-state index contributed by atoms with van der Waals surface area (Å²) in [5, 5.41) is 0. The first-order valence-electron chi connectivity index (χ1n) is 5.00. The van der Waals surface area contributed by atoms with Gasteiger partial charge in [-0.25, -0.2) is 13.2 Å². The summed E-state index contributed by atoms with van der Waals surface area (Å²) in [6, 6.07) is 1.20. The molecule has 0 unspecified atom stereocenters. The molecule has 0 N–H and O–H groups in total. The Balaban J connectivity index is 2.92. The van der Waals surface area contributed by atoms with Gasteiger partial charge in [-0.2, -0.15) is 0 Å². The van der Waals surface area contributed by atoms with Gasteiger partial charge >= 0.3 is 5.97 Å². The van der Waals surface area contributed by atoms with E-state index in [0.29, 0.717) is 0 Å². The highest BCUT2D eigenvalue weighted by Crippen LogP contribution is 2.18. The molecule has 0 spiro atoms. The third kappa shape index (κ3) is 3.74. The van der Waals surface area contributed by atoms with Crippen LogP contribution in [0.4, 0.5) is 0 Å². The molecule has 1 aromatic heterocycles. The highest BCUT2D eigenvalue weighted by Gasteiger charge is 2.19. The molecule has 0 fully saturated rings. The van der Waals surface area contributed by atoms with Crippen molar-refractivity contribution >= 4 is 25.7 Å². The van der Waals surface area contributed by atoms with Crippen molar-refractivity contribution in [2.45, 2.75) is 18.7 Å². The number of carbonyl (C=O) groups is 1. The van der Waals surface area contributed by atoms with E-state index in [0.717, 1.165) is 0 Å². The van der Waals surface area contributed by atoms with Gasteiger partial charge in [0.1, 0.15) is 10.6 Å². The first-order chi connectivity index (χ1) is 7.71. The zero-order valence-electron chi connectivity index (χ0n) is 9.81. The fourth-order valence-electron chi connectivity index (χ4n) is 1.19. The van der Waals surface area contributed by atoms with E-state index in [-0.39, 0.29) is 23.1 Å². The number of halogens is 1. The second-order valence-electron chi connectivity index (χ2n) is 4.10. The highest BCUT2D eigenvalue weighted by atomic mass is 35.7. The average molecular weight is 280 g/mol. The summed E-state index contributed by atoms with van der Waals surface area (Å²) in [6.07, 6.45) is 1.27. The molecule has 0 saturated heterocycles. The third-order valence-corrected chi connectivity index (χ3v) is 3.34. The van der Waals surface area contributed by atoms with E-state index in [1.807, 2.05) is 13.8 Å². The molecule has 1 heterocycles. The van der Waals surface area contributed by atoms with Crippen LogP contribution in [-0.2, 0) is 20.8 Å². The lowest BCUT2D eigenvalue weighted by atomic mass is 10.2. The predicted molar refractivity (Wildman–Crippen MR) is 63.6 cm³/mol. The SMILES string of the molecule is CC(C)COC(=O)c1cc(S(=O)(=O)Cl)cn1C. The minimum atomic E-state index is -3.83. The summed E-state index contributed by atoms with van der Waals surface area (Å²) < 4.78 is 28.5. The van der Waals surface area contributed by atoms with Gasteiger partial charge in [-0.05, 0) is 12.0 Å². The minimum Gasteiger partial charge on any atom is -0.461 e. The summed E-state index contributed by atoms with van der Waals surface area (Å²) >= 11 is 0. The van der Waals surface area contributed by atoms with Crippen LogP contribution in [-0.4, -0.2) is 25.6 Å². The van der Waals surface area contributed by atoms with E-state index in [1.54, 1.807) is 7.05 Å². The number of carbonyl (C=O) groups excluding carboxylic acids is 1. The van der Waals surface area contributed by atoms with E-state index < -0.39 is 15.0 Å². The van der Waals surface area contributed by atoms with Gasteiger partial charge in [-0.3, -0.25) is 0 Å². The molecule has 96 valence electrons. The zero-order valence-corrected chi connectivity index (χ0v) is 11.4. The number of nitrogens with zero attached hydrogens (tertiary/aromatic N) is 1. The van der Waals surface area contributed by atoms with Gasteiger partial charge < -0.3 is 9.30 Å². The van der Waals surface area contributed by atoms with Gasteiger partial charge in [0.2, 0.25) is 0 Å². The first-order valence-corrected chi connectivity index (χ1v) is 7.31. The average Bonchev–Trinajstić information content (AvgIpc) is 2.56. The molecular formula is C10H14ClNO4S. The van der Waals surface area contributed by atoms with Gasteiger partial charge in [-0.1, -0.05) is 13.8 Å². The summed E-state index contributed by atoms with van der Waals surface area (Å²) in [5.74, 6) is -0.344. The molecule has 7 heteroatoms. The van der Waals surface area contributed by atoms with Crippen LogP contribution in [0.15, 0.2) is 17.2 Å². The topological polar surface area (TPSA) is 65.4 Å². The molecule has 0 aliphatic carbocycles. The molecule has 5 nitrogen and oxygen atoms in total. The van der Waals surface area contributed by atoms with Crippen LogP contribution in [0, 0.1) is 5.92 Å². The number of esters is 1. The van der Waals surface area contributed by atoms with Crippen molar-refractivity contribution < 1.29 is 17.9 Å². The molecule has 0 radical (unpaired) electrons. The molecule has 0 bridgehead atoms. The van der Waals surface area contributed by atoms with E-state index in [4.69, 9.17) is 15.4 Å². The largest absolute Gasteiger partial charge is 0.461 e. The second-order valence-corrected chi connectivity index (χ2v) is 6.67. The Morgan fingerprint density at radius 1 is 1.53 bits per heavy atom. The smallest absolute Gasteiger partial charge is 0.354 e. The maximum Gasteiger partial charge on any atom is 0.354 e. The lowest BCUT2D eigenvalue weighted by molar-refractivity contribution is 0.0448. The van der Waals surface area contributed by atoms with Crippen LogP contribution >= 0.6 is 10.7 Å². The molecule has 1 rings (SSSR count). The molecule has 0 saturated carbocycles. The van der Waals surface area contributed by atoms with Crippen molar-refractivity contribution in [3.05, 3.63) is 18.0 Å².